The molecule has 1 atom stereocenters. The summed E-state index contributed by atoms with van der Waals surface area (Å²) >= 11 is 0. The van der Waals surface area contributed by atoms with Crippen molar-refractivity contribution in [3.63, 3.8) is 0 Å². The molecule has 0 fully saturated rings. The largest absolute Gasteiger partial charge is 0.478 e. The minimum Gasteiger partial charge on any atom is -0.478 e. The lowest BCUT2D eigenvalue weighted by molar-refractivity contribution is 0.0697. The summed E-state index contributed by atoms with van der Waals surface area (Å²) < 4.78 is 4.95. The Morgan fingerprint density at radius 1 is 1.29 bits per heavy atom. The first kappa shape index (κ1) is 17.0. The average Bonchev–Trinajstić information content (AvgIpc) is 2.45. The molecule has 0 aromatic heterocycles. The Morgan fingerprint density at radius 2 is 1.95 bits per heavy atom. The molecule has 1 aromatic rings. The third-order valence-corrected chi connectivity index (χ3v) is 3.03. The van der Waals surface area contributed by atoms with E-state index >= 15 is 0 Å². The van der Waals surface area contributed by atoms with Gasteiger partial charge in [0.05, 0.1) is 5.56 Å². The molecule has 0 aliphatic rings. The van der Waals surface area contributed by atoms with Crippen LogP contribution in [0.1, 0.15) is 29.3 Å². The van der Waals surface area contributed by atoms with Crippen molar-refractivity contribution in [3.8, 4) is 0 Å². The number of hydrogen-bond donors (Lipinski definition) is 3. The summed E-state index contributed by atoms with van der Waals surface area (Å²) in [6, 6.07) is 6.48. The zero-order chi connectivity index (χ0) is 15.7. The number of urea groups is 1. The number of carbonyl (C=O) groups excluding carboxylic acids is 1. The second kappa shape index (κ2) is 8.97. The standard InChI is InChI=1S/C15H22N2O4/c1-11(8-10-21-2)17-15(20)16-9-7-12-3-5-13(6-4-12)14(18)19/h3-6,11H,7-10H2,1-2H3,(H,18,19)(H2,16,17,20). The molecule has 0 aliphatic carbocycles. The second-order valence-electron chi connectivity index (χ2n) is 4.83. The molecule has 21 heavy (non-hydrogen) atoms. The molecule has 116 valence electrons. The number of hydrogen-bond acceptors (Lipinski definition) is 3. The summed E-state index contributed by atoms with van der Waals surface area (Å²) in [6.07, 6.45) is 1.42. The minimum absolute atomic E-state index is 0.0554. The lowest BCUT2D eigenvalue weighted by Gasteiger charge is -2.14. The molecule has 2 amide bonds. The highest BCUT2D eigenvalue weighted by Gasteiger charge is 2.06. The van der Waals surface area contributed by atoms with Crippen molar-refractivity contribution in [1.82, 2.24) is 10.6 Å². The topological polar surface area (TPSA) is 87.7 Å². The van der Waals surface area contributed by atoms with Crippen molar-refractivity contribution in [2.24, 2.45) is 0 Å². The molecule has 0 bridgehead atoms. The van der Waals surface area contributed by atoms with Gasteiger partial charge < -0.3 is 20.5 Å². The van der Waals surface area contributed by atoms with E-state index in [4.69, 9.17) is 9.84 Å². The zero-order valence-electron chi connectivity index (χ0n) is 12.4. The third kappa shape index (κ3) is 6.76. The molecule has 1 aromatic carbocycles. The van der Waals surface area contributed by atoms with Gasteiger partial charge in [-0.2, -0.15) is 0 Å². The number of aromatic carboxylic acids is 1. The molecule has 6 heteroatoms. The SMILES string of the molecule is COCCC(C)NC(=O)NCCc1ccc(C(=O)O)cc1. The number of benzene rings is 1. The first-order valence-corrected chi connectivity index (χ1v) is 6.88. The number of ether oxygens (including phenoxy) is 1. The highest BCUT2D eigenvalue weighted by Crippen LogP contribution is 2.04. The van der Waals surface area contributed by atoms with Crippen LogP contribution in [-0.4, -0.2) is 43.4 Å². The number of carbonyl (C=O) groups is 2. The lowest BCUT2D eigenvalue weighted by Crippen LogP contribution is -2.41. The number of nitrogens with one attached hydrogen (secondary N) is 2. The number of carboxylic acids is 1. The molecular formula is C15H22N2O4. The van der Waals surface area contributed by atoms with Crippen LogP contribution in [0.2, 0.25) is 0 Å². The van der Waals surface area contributed by atoms with E-state index in [-0.39, 0.29) is 17.6 Å². The molecule has 0 radical (unpaired) electrons. The van der Waals surface area contributed by atoms with Crippen LogP contribution in [0.5, 0.6) is 0 Å². The molecular weight excluding hydrogens is 272 g/mol. The Kier molecular flexibility index (Phi) is 7.25. The monoisotopic (exact) mass is 294 g/mol. The summed E-state index contributed by atoms with van der Waals surface area (Å²) in [5.41, 5.74) is 1.24. The molecule has 1 unspecified atom stereocenters. The molecule has 3 N–H and O–H groups in total. The predicted octanol–water partition coefficient (Wildman–Crippen LogP) is 1.65. The van der Waals surface area contributed by atoms with E-state index in [1.807, 2.05) is 6.92 Å². The molecule has 0 spiro atoms. The zero-order valence-corrected chi connectivity index (χ0v) is 12.4. The Labute approximate surface area is 124 Å². The predicted molar refractivity (Wildman–Crippen MR) is 79.6 cm³/mol. The van der Waals surface area contributed by atoms with Crippen LogP contribution in [0, 0.1) is 0 Å². The molecule has 0 saturated carbocycles. The third-order valence-electron chi connectivity index (χ3n) is 3.03. The van der Waals surface area contributed by atoms with Crippen LogP contribution in [0.25, 0.3) is 0 Å². The quantitative estimate of drug-likeness (QED) is 0.680. The number of carboxylic acid groups (broad SMARTS) is 1. The Hall–Kier alpha value is -2.08. The van der Waals surface area contributed by atoms with Crippen molar-refractivity contribution >= 4 is 12.0 Å². The second-order valence-corrected chi connectivity index (χ2v) is 4.83. The molecule has 1 rings (SSSR count). The fourth-order valence-corrected chi connectivity index (χ4v) is 1.78. The van der Waals surface area contributed by atoms with Crippen LogP contribution >= 0.6 is 0 Å². The number of amides is 2. The van der Waals surface area contributed by atoms with Crippen molar-refractivity contribution < 1.29 is 19.4 Å². The van der Waals surface area contributed by atoms with E-state index in [0.29, 0.717) is 19.6 Å². The van der Waals surface area contributed by atoms with Gasteiger partial charge in [0.2, 0.25) is 0 Å². The maximum atomic E-state index is 11.6. The first-order valence-electron chi connectivity index (χ1n) is 6.88. The van der Waals surface area contributed by atoms with Crippen molar-refractivity contribution in [1.29, 1.82) is 0 Å². The number of methoxy groups -OCH3 is 1. The van der Waals surface area contributed by atoms with Crippen LogP contribution < -0.4 is 10.6 Å². The van der Waals surface area contributed by atoms with E-state index in [0.717, 1.165) is 12.0 Å². The van der Waals surface area contributed by atoms with Crippen LogP contribution in [0.15, 0.2) is 24.3 Å². The van der Waals surface area contributed by atoms with Crippen LogP contribution in [-0.2, 0) is 11.2 Å². The van der Waals surface area contributed by atoms with E-state index in [9.17, 15) is 9.59 Å². The van der Waals surface area contributed by atoms with Gasteiger partial charge in [0.1, 0.15) is 0 Å². The lowest BCUT2D eigenvalue weighted by atomic mass is 10.1. The van der Waals surface area contributed by atoms with E-state index < -0.39 is 5.97 Å². The molecule has 6 nitrogen and oxygen atoms in total. The van der Waals surface area contributed by atoms with Crippen LogP contribution in [0.3, 0.4) is 0 Å². The van der Waals surface area contributed by atoms with Crippen molar-refractivity contribution in [2.45, 2.75) is 25.8 Å². The van der Waals surface area contributed by atoms with Gasteiger partial charge in [0, 0.05) is 26.3 Å². The summed E-state index contributed by atoms with van der Waals surface area (Å²) in [7, 11) is 1.63. The van der Waals surface area contributed by atoms with Gasteiger partial charge in [-0.05, 0) is 37.5 Å². The normalized spacial score (nSPS) is 11.7. The molecule has 0 heterocycles. The van der Waals surface area contributed by atoms with Gasteiger partial charge in [-0.3, -0.25) is 0 Å². The van der Waals surface area contributed by atoms with Gasteiger partial charge in [0.15, 0.2) is 0 Å². The smallest absolute Gasteiger partial charge is 0.335 e. The Balaban J connectivity index is 2.26. The maximum Gasteiger partial charge on any atom is 0.335 e. The Morgan fingerprint density at radius 3 is 2.52 bits per heavy atom. The summed E-state index contributed by atoms with van der Waals surface area (Å²) in [5, 5.41) is 14.4. The van der Waals surface area contributed by atoms with Gasteiger partial charge in [0.25, 0.3) is 0 Å². The minimum atomic E-state index is -0.941. The van der Waals surface area contributed by atoms with Crippen molar-refractivity contribution in [3.05, 3.63) is 35.4 Å². The highest BCUT2D eigenvalue weighted by molar-refractivity contribution is 5.87. The number of rotatable bonds is 8. The molecule has 0 aliphatic heterocycles. The Bertz CT molecular complexity index is 459. The summed E-state index contributed by atoms with van der Waals surface area (Å²) in [4.78, 5) is 22.3. The summed E-state index contributed by atoms with van der Waals surface area (Å²) in [5.74, 6) is -0.941. The first-order chi connectivity index (χ1) is 10.0. The van der Waals surface area contributed by atoms with Gasteiger partial charge >= 0.3 is 12.0 Å². The van der Waals surface area contributed by atoms with Crippen molar-refractivity contribution in [2.75, 3.05) is 20.3 Å². The van der Waals surface area contributed by atoms with Crippen LogP contribution in [0.4, 0.5) is 4.79 Å². The molecule has 0 saturated heterocycles. The van der Waals surface area contributed by atoms with Gasteiger partial charge in [-0.25, -0.2) is 9.59 Å². The fraction of sp³-hybridized carbons (Fsp3) is 0.467. The average molecular weight is 294 g/mol. The van der Waals surface area contributed by atoms with Gasteiger partial charge in [-0.15, -0.1) is 0 Å². The van der Waals surface area contributed by atoms with E-state index in [2.05, 4.69) is 10.6 Å². The van der Waals surface area contributed by atoms with Gasteiger partial charge in [-0.1, -0.05) is 12.1 Å². The summed E-state index contributed by atoms with van der Waals surface area (Å²) in [6.45, 7) is 3.02. The van der Waals surface area contributed by atoms with E-state index in [1.165, 1.54) is 0 Å². The fourth-order valence-electron chi connectivity index (χ4n) is 1.78. The maximum absolute atomic E-state index is 11.6. The van der Waals surface area contributed by atoms with E-state index in [1.54, 1.807) is 31.4 Å². The highest BCUT2D eigenvalue weighted by atomic mass is 16.5.